The summed E-state index contributed by atoms with van der Waals surface area (Å²) in [5.41, 5.74) is 2.83. The van der Waals surface area contributed by atoms with Gasteiger partial charge in [0.05, 0.1) is 5.02 Å². The van der Waals surface area contributed by atoms with Crippen molar-refractivity contribution in [2.24, 2.45) is 0 Å². The number of hydrogen-bond acceptors (Lipinski definition) is 3. The van der Waals surface area contributed by atoms with E-state index < -0.39 is 0 Å². The molecule has 0 saturated carbocycles. The first-order valence-corrected chi connectivity index (χ1v) is 7.63. The third-order valence-corrected chi connectivity index (χ3v) is 4.53. The van der Waals surface area contributed by atoms with Crippen molar-refractivity contribution in [2.45, 2.75) is 25.2 Å². The minimum absolute atomic E-state index is 0.0242. The summed E-state index contributed by atoms with van der Waals surface area (Å²) in [6.45, 7) is 0. The van der Waals surface area contributed by atoms with Gasteiger partial charge in [0.25, 0.3) is 0 Å². The van der Waals surface area contributed by atoms with Crippen LogP contribution in [0.3, 0.4) is 0 Å². The maximum Gasteiger partial charge on any atom is 0.176 e. The monoisotopic (exact) mass is 316 g/mol. The molecule has 1 atom stereocenters. The van der Waals surface area contributed by atoms with Gasteiger partial charge in [-0.1, -0.05) is 35.9 Å². The summed E-state index contributed by atoms with van der Waals surface area (Å²) in [6.07, 6.45) is 6.57. The summed E-state index contributed by atoms with van der Waals surface area (Å²) < 4.78 is 0. The maximum absolute atomic E-state index is 9.93. The Balaban J connectivity index is 2.17. The summed E-state index contributed by atoms with van der Waals surface area (Å²) >= 11 is 6.25. The highest BCUT2D eigenvalue weighted by molar-refractivity contribution is 6.33. The SMILES string of the molecule is Oc1ccc(C2C/C=C\CCc3c2cc(O)c(O)c3Cl)cc1. The van der Waals surface area contributed by atoms with Gasteiger partial charge in [-0.2, -0.15) is 0 Å². The topological polar surface area (TPSA) is 60.7 Å². The van der Waals surface area contributed by atoms with Crippen LogP contribution in [0.5, 0.6) is 17.2 Å². The van der Waals surface area contributed by atoms with Crippen molar-refractivity contribution in [2.75, 3.05) is 0 Å². The van der Waals surface area contributed by atoms with Crippen LogP contribution >= 0.6 is 11.6 Å². The van der Waals surface area contributed by atoms with Gasteiger partial charge in [0.1, 0.15) is 5.75 Å². The Morgan fingerprint density at radius 1 is 1.00 bits per heavy atom. The fourth-order valence-corrected chi connectivity index (χ4v) is 3.28. The van der Waals surface area contributed by atoms with Crippen LogP contribution in [0.2, 0.25) is 5.02 Å². The second kappa shape index (κ2) is 5.93. The molecule has 1 aliphatic rings. The predicted octanol–water partition coefficient (Wildman–Crippen LogP) is 4.48. The molecule has 0 aliphatic heterocycles. The molecule has 1 aliphatic carbocycles. The van der Waals surface area contributed by atoms with Crippen molar-refractivity contribution in [1.29, 1.82) is 0 Å². The third kappa shape index (κ3) is 2.64. The van der Waals surface area contributed by atoms with Gasteiger partial charge in [-0.15, -0.1) is 0 Å². The number of rotatable bonds is 1. The van der Waals surface area contributed by atoms with Gasteiger partial charge in [0.15, 0.2) is 11.5 Å². The van der Waals surface area contributed by atoms with Gasteiger partial charge in [0, 0.05) is 5.92 Å². The van der Waals surface area contributed by atoms with Crippen LogP contribution in [-0.4, -0.2) is 15.3 Å². The number of benzene rings is 2. The molecule has 2 aromatic carbocycles. The number of aromatic hydroxyl groups is 3. The Morgan fingerprint density at radius 3 is 2.45 bits per heavy atom. The second-order valence-electron chi connectivity index (χ2n) is 5.52. The van der Waals surface area contributed by atoms with Crippen LogP contribution < -0.4 is 0 Å². The van der Waals surface area contributed by atoms with Crippen molar-refractivity contribution < 1.29 is 15.3 Å². The van der Waals surface area contributed by atoms with E-state index >= 15 is 0 Å². The highest BCUT2D eigenvalue weighted by Gasteiger charge is 2.23. The fourth-order valence-electron chi connectivity index (χ4n) is 2.98. The second-order valence-corrected chi connectivity index (χ2v) is 5.89. The summed E-state index contributed by atoms with van der Waals surface area (Å²) in [4.78, 5) is 0. The average molecular weight is 317 g/mol. The van der Waals surface area contributed by atoms with Crippen LogP contribution in [0.15, 0.2) is 42.5 Å². The molecule has 0 fully saturated rings. The largest absolute Gasteiger partial charge is 0.508 e. The molecule has 0 bridgehead atoms. The zero-order valence-electron chi connectivity index (χ0n) is 12.0. The Bertz CT molecular complexity index is 720. The summed E-state index contributed by atoms with van der Waals surface area (Å²) in [5.74, 6) is -0.209. The molecule has 0 saturated heterocycles. The zero-order valence-corrected chi connectivity index (χ0v) is 12.7. The van der Waals surface area contributed by atoms with E-state index in [9.17, 15) is 15.3 Å². The Morgan fingerprint density at radius 2 is 1.73 bits per heavy atom. The molecule has 1 unspecified atom stereocenters. The quantitative estimate of drug-likeness (QED) is 0.537. The summed E-state index contributed by atoms with van der Waals surface area (Å²) in [5, 5.41) is 29.5. The first-order valence-electron chi connectivity index (χ1n) is 7.25. The number of fused-ring (bicyclic) bond motifs is 1. The van der Waals surface area contributed by atoms with E-state index in [4.69, 9.17) is 11.6 Å². The van der Waals surface area contributed by atoms with Gasteiger partial charge in [-0.3, -0.25) is 0 Å². The number of phenolic OH excluding ortho intramolecular Hbond substituents is 3. The van der Waals surface area contributed by atoms with Crippen molar-refractivity contribution >= 4 is 11.6 Å². The maximum atomic E-state index is 9.93. The molecule has 3 N–H and O–H groups in total. The first-order chi connectivity index (χ1) is 10.6. The Hall–Kier alpha value is -2.13. The first kappa shape index (κ1) is 14.8. The third-order valence-electron chi connectivity index (χ3n) is 4.13. The average Bonchev–Trinajstić information content (AvgIpc) is 2.49. The highest BCUT2D eigenvalue weighted by Crippen LogP contribution is 2.44. The lowest BCUT2D eigenvalue weighted by Crippen LogP contribution is -2.07. The zero-order chi connectivity index (χ0) is 15.7. The Labute approximate surface area is 134 Å². The fraction of sp³-hybridized carbons (Fsp3) is 0.222. The van der Waals surface area contributed by atoms with Gasteiger partial charge in [-0.25, -0.2) is 0 Å². The van der Waals surface area contributed by atoms with Crippen molar-refractivity contribution in [1.82, 2.24) is 0 Å². The van der Waals surface area contributed by atoms with Crippen LogP contribution in [0.4, 0.5) is 0 Å². The standard InChI is InChI=1S/C18H17ClO3/c19-17-14-5-3-1-2-4-13(11-6-8-12(20)9-7-11)15(14)10-16(21)18(17)22/h1-2,6-10,13,20-22H,3-5H2/b2-1-. The van der Waals surface area contributed by atoms with E-state index in [0.29, 0.717) is 6.42 Å². The molecule has 4 heteroatoms. The minimum Gasteiger partial charge on any atom is -0.508 e. The molecule has 0 heterocycles. The molecular formula is C18H17ClO3. The number of phenols is 3. The molecule has 0 spiro atoms. The van der Waals surface area contributed by atoms with Gasteiger partial charge in [-0.05, 0) is 54.2 Å². The number of halogens is 1. The number of hydrogen-bond donors (Lipinski definition) is 3. The van der Waals surface area contributed by atoms with Crippen LogP contribution in [0.1, 0.15) is 35.4 Å². The summed E-state index contributed by atoms with van der Waals surface area (Å²) in [7, 11) is 0. The predicted molar refractivity (Wildman–Crippen MR) is 86.8 cm³/mol. The molecule has 3 rings (SSSR count). The molecule has 2 aromatic rings. The van der Waals surface area contributed by atoms with E-state index in [1.807, 2.05) is 12.1 Å². The van der Waals surface area contributed by atoms with Gasteiger partial charge >= 0.3 is 0 Å². The molecule has 0 aromatic heterocycles. The lowest BCUT2D eigenvalue weighted by Gasteiger charge is -2.23. The van der Waals surface area contributed by atoms with E-state index in [2.05, 4.69) is 12.2 Å². The molecule has 22 heavy (non-hydrogen) atoms. The van der Waals surface area contributed by atoms with Crippen LogP contribution in [0, 0.1) is 0 Å². The van der Waals surface area contributed by atoms with E-state index in [-0.39, 0.29) is 28.2 Å². The van der Waals surface area contributed by atoms with E-state index in [0.717, 1.165) is 29.5 Å². The molecule has 114 valence electrons. The molecule has 0 amide bonds. The molecular weight excluding hydrogens is 300 g/mol. The Kier molecular flexibility index (Phi) is 3.99. The van der Waals surface area contributed by atoms with E-state index in [1.54, 1.807) is 18.2 Å². The highest BCUT2D eigenvalue weighted by atomic mass is 35.5. The van der Waals surface area contributed by atoms with Gasteiger partial charge < -0.3 is 15.3 Å². The minimum atomic E-state index is -0.255. The molecule has 3 nitrogen and oxygen atoms in total. The lowest BCUT2D eigenvalue weighted by molar-refractivity contribution is 0.402. The van der Waals surface area contributed by atoms with E-state index in [1.165, 1.54) is 0 Å². The smallest absolute Gasteiger partial charge is 0.176 e. The number of allylic oxidation sites excluding steroid dienone is 2. The van der Waals surface area contributed by atoms with Crippen molar-refractivity contribution in [3.05, 3.63) is 64.2 Å². The molecule has 0 radical (unpaired) electrons. The summed E-state index contributed by atoms with van der Waals surface area (Å²) in [6, 6.07) is 8.65. The van der Waals surface area contributed by atoms with Crippen molar-refractivity contribution in [3.63, 3.8) is 0 Å². The van der Waals surface area contributed by atoms with Gasteiger partial charge in [0.2, 0.25) is 0 Å². The van der Waals surface area contributed by atoms with Crippen LogP contribution in [0.25, 0.3) is 0 Å². The lowest BCUT2D eigenvalue weighted by atomic mass is 9.82. The van der Waals surface area contributed by atoms with Crippen molar-refractivity contribution in [3.8, 4) is 17.2 Å². The van der Waals surface area contributed by atoms with Crippen LogP contribution in [-0.2, 0) is 6.42 Å². The normalized spacial score (nSPS) is 19.0.